The lowest BCUT2D eigenvalue weighted by Gasteiger charge is -2.20. The van der Waals surface area contributed by atoms with Crippen LogP contribution in [0.15, 0.2) is 24.3 Å². The van der Waals surface area contributed by atoms with E-state index < -0.39 is 10.9 Å². The third kappa shape index (κ3) is 3.71. The highest BCUT2D eigenvalue weighted by Gasteiger charge is 2.23. The maximum Gasteiger partial charge on any atom is 0.341 e. The quantitative estimate of drug-likeness (QED) is 0.307. The van der Waals surface area contributed by atoms with Crippen molar-refractivity contribution in [3.63, 3.8) is 0 Å². The molecule has 1 aliphatic rings. The fourth-order valence-corrected chi connectivity index (χ4v) is 3.11. The maximum absolute atomic E-state index is 12.3. The highest BCUT2D eigenvalue weighted by Crippen LogP contribution is 2.35. The Hall–Kier alpha value is -2.06. The molecule has 0 saturated heterocycles. The Morgan fingerprint density at radius 2 is 1.96 bits per heavy atom. The number of carbonyl (C=O) groups excluding carboxylic acids is 1. The third-order valence-electron chi connectivity index (χ3n) is 3.59. The van der Waals surface area contributed by atoms with Crippen molar-refractivity contribution in [1.82, 2.24) is 0 Å². The molecular formula is C16H10Cl3NO6. The number of non-ortho nitro benzene ring substituents is 1. The van der Waals surface area contributed by atoms with Crippen molar-refractivity contribution < 1.29 is 23.9 Å². The van der Waals surface area contributed by atoms with Crippen molar-refractivity contribution in [3.8, 4) is 5.75 Å². The normalized spacial score (nSPS) is 12.9. The molecule has 0 saturated carbocycles. The number of nitro benzene ring substituents is 1. The highest BCUT2D eigenvalue weighted by atomic mass is 35.5. The van der Waals surface area contributed by atoms with E-state index in [0.29, 0.717) is 16.9 Å². The van der Waals surface area contributed by atoms with E-state index in [2.05, 4.69) is 0 Å². The summed E-state index contributed by atoms with van der Waals surface area (Å²) in [5.74, 6) is -0.423. The van der Waals surface area contributed by atoms with Crippen LogP contribution in [0.2, 0.25) is 15.1 Å². The first-order chi connectivity index (χ1) is 12.4. The molecule has 0 aliphatic carbocycles. The minimum atomic E-state index is -0.810. The summed E-state index contributed by atoms with van der Waals surface area (Å²) in [5, 5.41) is 11.3. The monoisotopic (exact) mass is 417 g/mol. The molecule has 0 unspecified atom stereocenters. The van der Waals surface area contributed by atoms with Gasteiger partial charge >= 0.3 is 5.97 Å². The fraction of sp³-hybridized carbons (Fsp3) is 0.188. The molecule has 10 heteroatoms. The number of ether oxygens (including phenoxy) is 3. The smallest absolute Gasteiger partial charge is 0.341 e. The van der Waals surface area contributed by atoms with Crippen molar-refractivity contribution in [2.24, 2.45) is 0 Å². The van der Waals surface area contributed by atoms with Crippen molar-refractivity contribution in [2.45, 2.75) is 13.2 Å². The van der Waals surface area contributed by atoms with E-state index in [0.717, 1.165) is 0 Å². The van der Waals surface area contributed by atoms with Gasteiger partial charge in [-0.25, -0.2) is 4.79 Å². The van der Waals surface area contributed by atoms with Gasteiger partial charge in [0.25, 0.3) is 5.69 Å². The minimum absolute atomic E-state index is 0.00227. The zero-order valence-corrected chi connectivity index (χ0v) is 15.2. The lowest BCUT2D eigenvalue weighted by atomic mass is 10.1. The molecule has 26 heavy (non-hydrogen) atoms. The average Bonchev–Trinajstić information content (AvgIpc) is 2.62. The van der Waals surface area contributed by atoms with Gasteiger partial charge in [0.2, 0.25) is 0 Å². The van der Waals surface area contributed by atoms with Crippen LogP contribution in [0, 0.1) is 10.1 Å². The lowest BCUT2D eigenvalue weighted by molar-refractivity contribution is -0.385. The molecule has 3 rings (SSSR count). The van der Waals surface area contributed by atoms with Crippen molar-refractivity contribution in [1.29, 1.82) is 0 Å². The number of esters is 1. The van der Waals surface area contributed by atoms with Crippen LogP contribution in [0.3, 0.4) is 0 Å². The van der Waals surface area contributed by atoms with E-state index in [1.807, 2.05) is 0 Å². The fourth-order valence-electron chi connectivity index (χ4n) is 2.42. The van der Waals surface area contributed by atoms with Gasteiger partial charge < -0.3 is 14.2 Å². The van der Waals surface area contributed by atoms with Gasteiger partial charge in [-0.2, -0.15) is 0 Å². The molecule has 0 amide bonds. The summed E-state index contributed by atoms with van der Waals surface area (Å²) in [6.07, 6.45) is 0. The first kappa shape index (κ1) is 18.7. The van der Waals surface area contributed by atoms with Gasteiger partial charge in [-0.15, -0.1) is 0 Å². The summed E-state index contributed by atoms with van der Waals surface area (Å²) in [5.41, 5.74) is 0.586. The highest BCUT2D eigenvalue weighted by molar-refractivity contribution is 6.46. The minimum Gasteiger partial charge on any atom is -0.467 e. The van der Waals surface area contributed by atoms with Crippen LogP contribution in [0.25, 0.3) is 0 Å². The predicted molar refractivity (Wildman–Crippen MR) is 94.0 cm³/mol. The summed E-state index contributed by atoms with van der Waals surface area (Å²) in [6, 6.07) is 5.50. The largest absolute Gasteiger partial charge is 0.467 e. The van der Waals surface area contributed by atoms with Crippen LogP contribution >= 0.6 is 34.8 Å². The molecule has 2 aromatic carbocycles. The number of hydrogen-bond acceptors (Lipinski definition) is 6. The molecule has 0 fully saturated rings. The molecule has 0 radical (unpaired) electrons. The number of fused-ring (bicyclic) bond motifs is 1. The Bertz CT molecular complexity index is 902. The number of rotatable bonds is 4. The molecule has 2 aromatic rings. The second kappa shape index (κ2) is 7.67. The van der Waals surface area contributed by atoms with Gasteiger partial charge in [0, 0.05) is 23.3 Å². The van der Waals surface area contributed by atoms with Gasteiger partial charge in [0.15, 0.2) is 6.79 Å². The van der Waals surface area contributed by atoms with E-state index in [1.165, 1.54) is 24.3 Å². The van der Waals surface area contributed by atoms with E-state index >= 15 is 0 Å². The zero-order chi connectivity index (χ0) is 18.8. The van der Waals surface area contributed by atoms with Crippen molar-refractivity contribution >= 4 is 46.5 Å². The Morgan fingerprint density at radius 3 is 2.69 bits per heavy atom. The van der Waals surface area contributed by atoms with Crippen LogP contribution in [0.1, 0.15) is 21.5 Å². The third-order valence-corrected chi connectivity index (χ3v) is 4.71. The average molecular weight is 419 g/mol. The van der Waals surface area contributed by atoms with E-state index in [1.54, 1.807) is 0 Å². The van der Waals surface area contributed by atoms with Crippen LogP contribution in [-0.4, -0.2) is 17.7 Å². The number of hydrogen-bond donors (Lipinski definition) is 0. The first-order valence-corrected chi connectivity index (χ1v) is 8.33. The molecule has 1 aliphatic heterocycles. The van der Waals surface area contributed by atoms with Crippen molar-refractivity contribution in [2.75, 3.05) is 6.79 Å². The Morgan fingerprint density at radius 1 is 1.23 bits per heavy atom. The van der Waals surface area contributed by atoms with Gasteiger partial charge in [-0.05, 0) is 12.1 Å². The molecule has 1 heterocycles. The predicted octanol–water partition coefficient (Wildman–Crippen LogP) is 4.78. The van der Waals surface area contributed by atoms with Gasteiger partial charge in [-0.3, -0.25) is 10.1 Å². The molecular weight excluding hydrogens is 409 g/mol. The number of halogens is 3. The van der Waals surface area contributed by atoms with Crippen LogP contribution in [-0.2, 0) is 22.7 Å². The summed E-state index contributed by atoms with van der Waals surface area (Å²) in [7, 11) is 0. The van der Waals surface area contributed by atoms with E-state index in [9.17, 15) is 14.9 Å². The molecule has 7 nitrogen and oxygen atoms in total. The molecule has 0 atom stereocenters. The molecule has 0 bridgehead atoms. The summed E-state index contributed by atoms with van der Waals surface area (Å²) in [6.45, 7) is -0.121. The number of benzene rings is 2. The number of nitrogens with zero attached hydrogens (tertiary/aromatic N) is 1. The maximum atomic E-state index is 12.3. The second-order valence-corrected chi connectivity index (χ2v) is 6.45. The van der Waals surface area contributed by atoms with E-state index in [4.69, 9.17) is 49.0 Å². The van der Waals surface area contributed by atoms with Gasteiger partial charge in [-0.1, -0.05) is 34.8 Å². The Kier molecular flexibility index (Phi) is 5.52. The lowest BCUT2D eigenvalue weighted by Crippen LogP contribution is -2.15. The second-order valence-electron chi connectivity index (χ2n) is 5.26. The number of carbonyl (C=O) groups is 1. The Balaban J connectivity index is 1.88. The molecule has 0 spiro atoms. The van der Waals surface area contributed by atoms with Crippen molar-refractivity contribution in [3.05, 3.63) is 66.1 Å². The molecule has 136 valence electrons. The van der Waals surface area contributed by atoms with E-state index in [-0.39, 0.29) is 46.3 Å². The van der Waals surface area contributed by atoms with Gasteiger partial charge in [0.05, 0.1) is 32.2 Å². The molecule has 0 aromatic heterocycles. The first-order valence-electron chi connectivity index (χ1n) is 7.20. The number of nitro groups is 1. The van der Waals surface area contributed by atoms with Crippen LogP contribution in [0.4, 0.5) is 5.69 Å². The summed E-state index contributed by atoms with van der Waals surface area (Å²) < 4.78 is 15.7. The summed E-state index contributed by atoms with van der Waals surface area (Å²) in [4.78, 5) is 22.9. The SMILES string of the molecule is O=C(OCc1cc([N+](=O)[O-])cc2c1OCOC2)c1c(Cl)ccc(Cl)c1Cl. The standard InChI is InChI=1S/C16H10Cl3NO6/c17-11-1-2-12(18)14(19)13(11)16(21)25-6-9-4-10(20(22)23)3-8-5-24-7-26-15(8)9/h1-4H,5-7H2. The van der Waals surface area contributed by atoms with Crippen LogP contribution < -0.4 is 4.74 Å². The topological polar surface area (TPSA) is 87.9 Å². The molecule has 0 N–H and O–H groups in total. The Labute approximate surface area is 162 Å². The van der Waals surface area contributed by atoms with Gasteiger partial charge in [0.1, 0.15) is 12.4 Å². The van der Waals surface area contributed by atoms with Crippen LogP contribution in [0.5, 0.6) is 5.75 Å². The zero-order valence-electron chi connectivity index (χ0n) is 13.0. The summed E-state index contributed by atoms with van der Waals surface area (Å²) >= 11 is 17.9.